The predicted molar refractivity (Wildman–Crippen MR) is 155 cm³/mol. The zero-order chi connectivity index (χ0) is 26.4. The summed E-state index contributed by atoms with van der Waals surface area (Å²) in [4.78, 5) is 27.5. The van der Waals surface area contributed by atoms with E-state index in [9.17, 15) is 14.9 Å². The number of alkyl halides is 1. The lowest BCUT2D eigenvalue weighted by molar-refractivity contribution is -0.387. The summed E-state index contributed by atoms with van der Waals surface area (Å²) in [5, 5.41) is 15.2. The summed E-state index contributed by atoms with van der Waals surface area (Å²) in [7, 11) is 0. The molecule has 2 fully saturated rings. The standard InChI is InChI=1S/C29H27BrClN3O3S/c30-18-12-10-17(11-13-18)27-21-16-24(38-23-9-2-1-8-22(23)34(36)37)26(31)25(21)19-6-5-7-20(28(19)32-27)29(35)33-14-3-4-15-33/h1-2,5-13,21,24-27,32H,3-4,14-16H2/t21-,24-,25-,26+,27-/m0/s1. The van der Waals surface area contributed by atoms with Gasteiger partial charge in [-0.3, -0.25) is 14.9 Å². The minimum atomic E-state index is -0.328. The smallest absolute Gasteiger partial charge is 0.282 e. The fraction of sp³-hybridized carbons (Fsp3) is 0.345. The van der Waals surface area contributed by atoms with Crippen molar-refractivity contribution in [2.75, 3.05) is 18.4 Å². The molecule has 1 saturated carbocycles. The molecular formula is C29H27BrClN3O3S. The number of para-hydroxylation sites is 2. The van der Waals surface area contributed by atoms with Crippen molar-refractivity contribution in [3.8, 4) is 0 Å². The van der Waals surface area contributed by atoms with Crippen LogP contribution in [0.1, 0.15) is 52.7 Å². The molecule has 1 N–H and O–H groups in total. The molecule has 1 aliphatic carbocycles. The Labute approximate surface area is 239 Å². The van der Waals surface area contributed by atoms with Crippen LogP contribution >= 0.6 is 39.3 Å². The van der Waals surface area contributed by atoms with Crippen LogP contribution in [-0.2, 0) is 0 Å². The number of carbonyl (C=O) groups is 1. The molecule has 1 saturated heterocycles. The second kappa shape index (κ2) is 10.5. The van der Waals surface area contributed by atoms with E-state index in [2.05, 4.69) is 39.4 Å². The van der Waals surface area contributed by atoms with Crippen molar-refractivity contribution < 1.29 is 9.72 Å². The predicted octanol–water partition coefficient (Wildman–Crippen LogP) is 7.63. The maximum Gasteiger partial charge on any atom is 0.282 e. The van der Waals surface area contributed by atoms with E-state index in [0.29, 0.717) is 10.5 Å². The minimum Gasteiger partial charge on any atom is -0.377 e. The first-order chi connectivity index (χ1) is 18.4. The first kappa shape index (κ1) is 25.7. The van der Waals surface area contributed by atoms with E-state index < -0.39 is 0 Å². The molecule has 2 heterocycles. The highest BCUT2D eigenvalue weighted by atomic mass is 79.9. The number of hydrogen-bond acceptors (Lipinski definition) is 5. The van der Waals surface area contributed by atoms with Gasteiger partial charge in [0, 0.05) is 34.8 Å². The van der Waals surface area contributed by atoms with Gasteiger partial charge < -0.3 is 10.2 Å². The number of rotatable bonds is 5. The van der Waals surface area contributed by atoms with Gasteiger partial charge in [-0.1, -0.05) is 52.3 Å². The Balaban J connectivity index is 1.41. The second-order valence-corrected chi connectivity index (χ2v) is 12.9. The number of anilines is 1. The van der Waals surface area contributed by atoms with E-state index in [0.717, 1.165) is 53.6 Å². The number of amides is 1. The SMILES string of the molecule is O=C(c1cccc2c1N[C@@H](c1ccc(Br)cc1)[C@H]1C[C@H](Sc3ccccc3[N+](=O)[O-])[C@@H](Cl)[C@@H]21)N1CCCC1. The normalized spacial score (nSPS) is 25.9. The third-order valence-electron chi connectivity index (χ3n) is 8.04. The van der Waals surface area contributed by atoms with Crippen LogP contribution in [0.4, 0.5) is 11.4 Å². The van der Waals surface area contributed by atoms with Crippen LogP contribution in [0.5, 0.6) is 0 Å². The summed E-state index contributed by atoms with van der Waals surface area (Å²) in [6.07, 6.45) is 2.87. The van der Waals surface area contributed by atoms with Gasteiger partial charge in [-0.05, 0) is 60.6 Å². The number of nitrogens with zero attached hydrogens (tertiary/aromatic N) is 2. The lowest BCUT2D eigenvalue weighted by Gasteiger charge is -2.39. The summed E-state index contributed by atoms with van der Waals surface area (Å²) in [5.41, 5.74) is 3.89. The summed E-state index contributed by atoms with van der Waals surface area (Å²) < 4.78 is 1.00. The van der Waals surface area contributed by atoms with Gasteiger partial charge in [-0.2, -0.15) is 0 Å². The molecule has 196 valence electrons. The summed E-state index contributed by atoms with van der Waals surface area (Å²) in [6.45, 7) is 1.58. The van der Waals surface area contributed by atoms with Crippen LogP contribution in [0.2, 0.25) is 0 Å². The molecule has 0 bridgehead atoms. The molecule has 1 amide bonds. The molecule has 2 aliphatic heterocycles. The molecule has 0 spiro atoms. The molecule has 3 aromatic carbocycles. The highest BCUT2D eigenvalue weighted by Gasteiger charge is 2.51. The Bertz CT molecular complexity index is 1380. The first-order valence-corrected chi connectivity index (χ1v) is 15.0. The van der Waals surface area contributed by atoms with Crippen LogP contribution in [0.3, 0.4) is 0 Å². The summed E-state index contributed by atoms with van der Waals surface area (Å²) >= 11 is 12.3. The molecule has 0 unspecified atom stereocenters. The zero-order valence-electron chi connectivity index (χ0n) is 20.6. The fourth-order valence-corrected chi connectivity index (χ4v) is 8.49. The minimum absolute atomic E-state index is 0.00756. The third-order valence-corrected chi connectivity index (χ3v) is 10.7. The maximum atomic E-state index is 13.6. The molecule has 9 heteroatoms. The van der Waals surface area contributed by atoms with Gasteiger partial charge in [0.15, 0.2) is 0 Å². The van der Waals surface area contributed by atoms with Crippen molar-refractivity contribution >= 4 is 56.6 Å². The van der Waals surface area contributed by atoms with Crippen LogP contribution in [0.15, 0.2) is 76.1 Å². The number of fused-ring (bicyclic) bond motifs is 3. The second-order valence-electron chi connectivity index (χ2n) is 10.2. The van der Waals surface area contributed by atoms with Crippen molar-refractivity contribution in [3.05, 3.63) is 98.0 Å². The van der Waals surface area contributed by atoms with E-state index in [-0.39, 0.29) is 45.0 Å². The number of thioether (sulfide) groups is 1. The monoisotopic (exact) mass is 611 g/mol. The lowest BCUT2D eigenvalue weighted by atomic mass is 9.76. The maximum absolute atomic E-state index is 13.6. The van der Waals surface area contributed by atoms with Crippen molar-refractivity contribution in [2.24, 2.45) is 5.92 Å². The van der Waals surface area contributed by atoms with Crippen LogP contribution in [-0.4, -0.2) is 39.4 Å². The number of likely N-dealkylation sites (tertiary alicyclic amines) is 1. The molecular weight excluding hydrogens is 586 g/mol. The van der Waals surface area contributed by atoms with Gasteiger partial charge >= 0.3 is 0 Å². The zero-order valence-corrected chi connectivity index (χ0v) is 23.7. The topological polar surface area (TPSA) is 75.5 Å². The Kier molecular flexibility index (Phi) is 7.14. The molecule has 6 rings (SSSR count). The summed E-state index contributed by atoms with van der Waals surface area (Å²) in [6, 6.07) is 21.1. The van der Waals surface area contributed by atoms with E-state index in [1.54, 1.807) is 18.2 Å². The Morgan fingerprint density at radius 2 is 1.79 bits per heavy atom. The highest BCUT2D eigenvalue weighted by Crippen LogP contribution is 2.58. The Morgan fingerprint density at radius 3 is 2.53 bits per heavy atom. The van der Waals surface area contributed by atoms with Crippen molar-refractivity contribution in [1.29, 1.82) is 0 Å². The van der Waals surface area contributed by atoms with E-state index >= 15 is 0 Å². The molecule has 3 aromatic rings. The molecule has 5 atom stereocenters. The van der Waals surface area contributed by atoms with E-state index in [4.69, 9.17) is 11.6 Å². The van der Waals surface area contributed by atoms with Gasteiger partial charge in [0.1, 0.15) is 0 Å². The van der Waals surface area contributed by atoms with E-state index in [1.165, 1.54) is 11.8 Å². The molecule has 38 heavy (non-hydrogen) atoms. The number of carbonyl (C=O) groups excluding carboxylic acids is 1. The summed E-state index contributed by atoms with van der Waals surface area (Å²) in [5.74, 6) is 0.242. The van der Waals surface area contributed by atoms with Gasteiger partial charge in [0.05, 0.1) is 32.5 Å². The van der Waals surface area contributed by atoms with Gasteiger partial charge in [0.2, 0.25) is 0 Å². The average Bonchev–Trinajstić information content (AvgIpc) is 3.57. The molecule has 6 nitrogen and oxygen atoms in total. The van der Waals surface area contributed by atoms with Crippen molar-refractivity contribution in [2.45, 2.75) is 46.7 Å². The van der Waals surface area contributed by atoms with Crippen molar-refractivity contribution in [1.82, 2.24) is 4.90 Å². The lowest BCUT2D eigenvalue weighted by Crippen LogP contribution is -2.34. The number of halogens is 2. The first-order valence-electron chi connectivity index (χ1n) is 12.9. The largest absolute Gasteiger partial charge is 0.377 e. The van der Waals surface area contributed by atoms with Crippen LogP contribution < -0.4 is 5.32 Å². The number of benzene rings is 3. The number of nitrogens with one attached hydrogen (secondary N) is 1. The Morgan fingerprint density at radius 1 is 1.05 bits per heavy atom. The molecule has 0 aromatic heterocycles. The average molecular weight is 613 g/mol. The molecule has 3 aliphatic rings. The van der Waals surface area contributed by atoms with Crippen LogP contribution in [0, 0.1) is 16.0 Å². The molecule has 0 radical (unpaired) electrons. The number of nitro benzene ring substituents is 1. The Hall–Kier alpha value is -2.55. The van der Waals surface area contributed by atoms with Crippen LogP contribution in [0.25, 0.3) is 0 Å². The third kappa shape index (κ3) is 4.61. The fourth-order valence-electron chi connectivity index (χ4n) is 6.28. The highest BCUT2D eigenvalue weighted by molar-refractivity contribution is 9.10. The van der Waals surface area contributed by atoms with Gasteiger partial charge in [0.25, 0.3) is 11.6 Å². The number of nitro groups is 1. The van der Waals surface area contributed by atoms with Crippen molar-refractivity contribution in [3.63, 3.8) is 0 Å². The van der Waals surface area contributed by atoms with Gasteiger partial charge in [-0.15, -0.1) is 23.4 Å². The van der Waals surface area contributed by atoms with Gasteiger partial charge in [-0.25, -0.2) is 0 Å². The quantitative estimate of drug-likeness (QED) is 0.182. The number of hydrogen-bond donors (Lipinski definition) is 1. The van der Waals surface area contributed by atoms with E-state index in [1.807, 2.05) is 35.2 Å².